The summed E-state index contributed by atoms with van der Waals surface area (Å²) in [6.45, 7) is 0.474. The van der Waals surface area contributed by atoms with Gasteiger partial charge in [-0.2, -0.15) is 0 Å². The van der Waals surface area contributed by atoms with Gasteiger partial charge in [0.15, 0.2) is 5.76 Å². The van der Waals surface area contributed by atoms with Gasteiger partial charge >= 0.3 is 0 Å². The first kappa shape index (κ1) is 12.7. The van der Waals surface area contributed by atoms with Gasteiger partial charge in [0.05, 0.1) is 11.9 Å². The lowest BCUT2D eigenvalue weighted by atomic mass is 10.2. The zero-order valence-electron chi connectivity index (χ0n) is 9.91. The van der Waals surface area contributed by atoms with Crippen molar-refractivity contribution in [3.63, 3.8) is 0 Å². The lowest BCUT2D eigenvalue weighted by Crippen LogP contribution is -2.30. The molecule has 0 saturated heterocycles. The maximum Gasteiger partial charge on any atom is 0.242 e. The predicted octanol–water partition coefficient (Wildman–Crippen LogP) is 2.33. The fourth-order valence-electron chi connectivity index (χ4n) is 2.20. The fourth-order valence-corrected chi connectivity index (χ4v) is 4.12. The Morgan fingerprint density at radius 2 is 2.21 bits per heavy atom. The van der Waals surface area contributed by atoms with Crippen LogP contribution in [0.2, 0.25) is 0 Å². The molecule has 1 aliphatic heterocycles. The molecule has 2 aromatic rings. The second-order valence-electron chi connectivity index (χ2n) is 4.33. The molecule has 0 spiro atoms. The maximum atomic E-state index is 12.4. The van der Waals surface area contributed by atoms with E-state index in [-0.39, 0.29) is 5.75 Å². The van der Waals surface area contributed by atoms with Crippen molar-refractivity contribution < 1.29 is 12.9 Å². The first-order valence-corrected chi connectivity index (χ1v) is 8.15. The second-order valence-corrected chi connectivity index (χ2v) is 7.14. The maximum absolute atomic E-state index is 12.4. The first-order valence-electron chi connectivity index (χ1n) is 5.75. The van der Waals surface area contributed by atoms with Crippen LogP contribution in [0.1, 0.15) is 11.3 Å². The van der Waals surface area contributed by atoms with Crippen molar-refractivity contribution in [2.24, 2.45) is 0 Å². The molecule has 1 aliphatic rings. The number of hydrogen-bond acceptors (Lipinski definition) is 4. The molecule has 19 heavy (non-hydrogen) atoms. The summed E-state index contributed by atoms with van der Waals surface area (Å²) in [5.74, 6) is 0.188. The van der Waals surface area contributed by atoms with Gasteiger partial charge in [-0.15, -0.1) is 0 Å². The molecule has 0 amide bonds. The van der Waals surface area contributed by atoms with Crippen LogP contribution in [0, 0.1) is 0 Å². The lowest BCUT2D eigenvalue weighted by Gasteiger charge is -2.18. The Morgan fingerprint density at radius 1 is 1.37 bits per heavy atom. The van der Waals surface area contributed by atoms with Gasteiger partial charge in [-0.05, 0) is 30.2 Å². The quantitative estimate of drug-likeness (QED) is 0.858. The van der Waals surface area contributed by atoms with Crippen molar-refractivity contribution in [3.05, 3.63) is 46.3 Å². The highest BCUT2D eigenvalue weighted by atomic mass is 79.9. The first-order chi connectivity index (χ1) is 9.06. The van der Waals surface area contributed by atoms with Gasteiger partial charge in [-0.1, -0.05) is 21.1 Å². The number of hydrogen-bond donors (Lipinski definition) is 0. The summed E-state index contributed by atoms with van der Waals surface area (Å²) >= 11 is 3.39. The van der Waals surface area contributed by atoms with E-state index in [0.29, 0.717) is 12.3 Å². The minimum absolute atomic E-state index is 0.164. The van der Waals surface area contributed by atoms with E-state index in [1.54, 1.807) is 6.07 Å². The Labute approximate surface area is 119 Å². The minimum atomic E-state index is -3.42. The Balaban J connectivity index is 1.92. The molecule has 7 heteroatoms. The predicted molar refractivity (Wildman–Crippen MR) is 74.3 cm³/mol. The number of anilines is 1. The van der Waals surface area contributed by atoms with Crippen LogP contribution in [0.3, 0.4) is 0 Å². The fraction of sp³-hybridized carbons (Fsp3) is 0.250. The van der Waals surface area contributed by atoms with Crippen LogP contribution in [0.5, 0.6) is 0 Å². The topological polar surface area (TPSA) is 63.4 Å². The molecular weight excluding hydrogens is 332 g/mol. The Bertz CT molecular complexity index is 698. The molecule has 5 nitrogen and oxygen atoms in total. The molecule has 0 N–H and O–H groups in total. The molecular formula is C12H11BrN2O3S. The minimum Gasteiger partial charge on any atom is -0.360 e. The Morgan fingerprint density at radius 3 is 2.95 bits per heavy atom. The number of benzene rings is 1. The third-order valence-corrected chi connectivity index (χ3v) is 5.24. The summed E-state index contributed by atoms with van der Waals surface area (Å²) in [6.07, 6.45) is 2.17. The van der Waals surface area contributed by atoms with E-state index in [0.717, 1.165) is 22.1 Å². The lowest BCUT2D eigenvalue weighted by molar-refractivity contribution is 0.392. The van der Waals surface area contributed by atoms with Crippen molar-refractivity contribution >= 4 is 31.6 Å². The van der Waals surface area contributed by atoms with Crippen LogP contribution in [0.25, 0.3) is 0 Å². The average Bonchev–Trinajstić information content (AvgIpc) is 2.96. The molecule has 0 saturated carbocycles. The summed E-state index contributed by atoms with van der Waals surface area (Å²) < 4.78 is 32.0. The SMILES string of the molecule is O=S(=O)(Cc1ccno1)N1CCc2cc(Br)ccc21. The molecule has 0 bridgehead atoms. The summed E-state index contributed by atoms with van der Waals surface area (Å²) in [5, 5.41) is 3.52. The van der Waals surface area contributed by atoms with E-state index in [1.807, 2.05) is 18.2 Å². The molecule has 3 rings (SSSR count). The number of nitrogens with zero attached hydrogens (tertiary/aromatic N) is 2. The van der Waals surface area contributed by atoms with Crippen LogP contribution in [0.4, 0.5) is 5.69 Å². The zero-order valence-corrected chi connectivity index (χ0v) is 12.3. The van der Waals surface area contributed by atoms with Gasteiger partial charge in [0.2, 0.25) is 10.0 Å². The monoisotopic (exact) mass is 342 g/mol. The molecule has 0 fully saturated rings. The standard InChI is InChI=1S/C12H11BrN2O3S/c13-10-1-2-12-9(7-10)4-6-15(12)19(16,17)8-11-3-5-14-18-11/h1-3,5,7H,4,6,8H2. The van der Waals surface area contributed by atoms with Crippen LogP contribution >= 0.6 is 15.9 Å². The average molecular weight is 343 g/mol. The third kappa shape index (κ3) is 2.40. The summed E-state index contributed by atoms with van der Waals surface area (Å²) in [4.78, 5) is 0. The van der Waals surface area contributed by atoms with Crippen LogP contribution < -0.4 is 4.31 Å². The number of rotatable bonds is 3. The Kier molecular flexibility index (Phi) is 3.10. The van der Waals surface area contributed by atoms with Gasteiger partial charge in [-0.3, -0.25) is 4.31 Å². The molecule has 0 atom stereocenters. The van der Waals surface area contributed by atoms with E-state index in [1.165, 1.54) is 10.5 Å². The number of halogens is 1. The third-order valence-electron chi connectivity index (χ3n) is 3.05. The highest BCUT2D eigenvalue weighted by Gasteiger charge is 2.30. The zero-order chi connectivity index (χ0) is 13.5. The summed E-state index contributed by atoms with van der Waals surface area (Å²) in [5.41, 5.74) is 1.79. The normalized spacial score (nSPS) is 14.7. The van der Waals surface area contributed by atoms with Crippen LogP contribution in [0.15, 0.2) is 39.5 Å². The smallest absolute Gasteiger partial charge is 0.242 e. The highest BCUT2D eigenvalue weighted by molar-refractivity contribution is 9.10. The molecule has 1 aromatic heterocycles. The van der Waals surface area contributed by atoms with Gasteiger partial charge in [0.1, 0.15) is 5.75 Å². The van der Waals surface area contributed by atoms with E-state index in [9.17, 15) is 8.42 Å². The van der Waals surface area contributed by atoms with E-state index < -0.39 is 10.0 Å². The summed E-state index contributed by atoms with van der Waals surface area (Å²) in [7, 11) is -3.42. The second kappa shape index (κ2) is 4.64. The van der Waals surface area contributed by atoms with Gasteiger partial charge in [0.25, 0.3) is 0 Å². The van der Waals surface area contributed by atoms with Crippen molar-refractivity contribution in [2.75, 3.05) is 10.8 Å². The molecule has 2 heterocycles. The van der Waals surface area contributed by atoms with Crippen LogP contribution in [-0.4, -0.2) is 20.1 Å². The van der Waals surface area contributed by atoms with Gasteiger partial charge in [-0.25, -0.2) is 8.42 Å². The molecule has 100 valence electrons. The van der Waals surface area contributed by atoms with Gasteiger partial charge < -0.3 is 4.52 Å². The summed E-state index contributed by atoms with van der Waals surface area (Å²) in [6, 6.07) is 7.20. The number of aromatic nitrogens is 1. The van der Waals surface area contributed by atoms with E-state index in [2.05, 4.69) is 21.1 Å². The van der Waals surface area contributed by atoms with Crippen molar-refractivity contribution in [3.8, 4) is 0 Å². The van der Waals surface area contributed by atoms with Crippen molar-refractivity contribution in [2.45, 2.75) is 12.2 Å². The largest absolute Gasteiger partial charge is 0.360 e. The van der Waals surface area contributed by atoms with E-state index >= 15 is 0 Å². The van der Waals surface area contributed by atoms with Crippen LogP contribution in [-0.2, 0) is 22.2 Å². The molecule has 1 aromatic carbocycles. The van der Waals surface area contributed by atoms with Crippen molar-refractivity contribution in [1.82, 2.24) is 5.16 Å². The molecule has 0 radical (unpaired) electrons. The van der Waals surface area contributed by atoms with E-state index in [4.69, 9.17) is 4.52 Å². The number of sulfonamides is 1. The highest BCUT2D eigenvalue weighted by Crippen LogP contribution is 2.33. The molecule has 0 aliphatic carbocycles. The Hall–Kier alpha value is -1.34. The van der Waals surface area contributed by atoms with Crippen molar-refractivity contribution in [1.29, 1.82) is 0 Å². The van der Waals surface area contributed by atoms with Gasteiger partial charge in [0, 0.05) is 17.1 Å². The number of fused-ring (bicyclic) bond motifs is 1. The molecule has 0 unspecified atom stereocenters.